The fourth-order valence-corrected chi connectivity index (χ4v) is 3.07. The van der Waals surface area contributed by atoms with E-state index in [-0.39, 0.29) is 11.8 Å². The maximum Gasteiger partial charge on any atom is 0.224 e. The molecule has 1 aromatic rings. The van der Waals surface area contributed by atoms with Gasteiger partial charge in [0.1, 0.15) is 0 Å². The number of hydrogen-bond acceptors (Lipinski definition) is 2. The third-order valence-electron chi connectivity index (χ3n) is 4.26. The third kappa shape index (κ3) is 4.34. The Kier molecular flexibility index (Phi) is 5.60. The summed E-state index contributed by atoms with van der Waals surface area (Å²) in [5.74, 6) is 0.726. The molecule has 1 aliphatic rings. The van der Waals surface area contributed by atoms with Gasteiger partial charge in [0.05, 0.1) is 5.92 Å². The van der Waals surface area contributed by atoms with E-state index in [1.54, 1.807) is 0 Å². The van der Waals surface area contributed by atoms with Gasteiger partial charge in [0, 0.05) is 12.6 Å². The number of carbonyl (C=O) groups excluding carboxylic acids is 1. The lowest BCUT2D eigenvalue weighted by atomic mass is 9.86. The van der Waals surface area contributed by atoms with Crippen molar-refractivity contribution in [1.82, 2.24) is 5.32 Å². The number of amides is 1. The van der Waals surface area contributed by atoms with E-state index in [1.165, 1.54) is 18.4 Å². The topological polar surface area (TPSA) is 55.1 Å². The van der Waals surface area contributed by atoms with Crippen LogP contribution >= 0.6 is 0 Å². The van der Waals surface area contributed by atoms with Crippen LogP contribution < -0.4 is 11.1 Å². The Morgan fingerprint density at radius 1 is 1.35 bits per heavy atom. The van der Waals surface area contributed by atoms with Crippen LogP contribution in [0.2, 0.25) is 0 Å². The van der Waals surface area contributed by atoms with Crippen molar-refractivity contribution < 1.29 is 4.79 Å². The van der Waals surface area contributed by atoms with Crippen molar-refractivity contribution in [3.63, 3.8) is 0 Å². The minimum atomic E-state index is -0.116. The zero-order valence-corrected chi connectivity index (χ0v) is 12.3. The average molecular weight is 274 g/mol. The maximum absolute atomic E-state index is 12.4. The summed E-state index contributed by atoms with van der Waals surface area (Å²) in [7, 11) is 0. The zero-order chi connectivity index (χ0) is 14.4. The highest BCUT2D eigenvalue weighted by Gasteiger charge is 2.24. The van der Waals surface area contributed by atoms with Crippen LogP contribution in [-0.4, -0.2) is 18.5 Å². The first-order valence-corrected chi connectivity index (χ1v) is 7.73. The first-order chi connectivity index (χ1) is 9.69. The van der Waals surface area contributed by atoms with Crippen molar-refractivity contribution in [2.24, 2.45) is 17.6 Å². The second-order valence-corrected chi connectivity index (χ2v) is 6.10. The monoisotopic (exact) mass is 274 g/mol. The molecule has 1 amide bonds. The fourth-order valence-electron chi connectivity index (χ4n) is 3.07. The molecule has 1 fully saturated rings. The molecule has 3 atom stereocenters. The molecule has 0 bridgehead atoms. The molecular formula is C17H26N2O. The molecule has 3 heteroatoms. The SMILES string of the molecule is CC1CCCC(NC(=O)C(CN)Cc2ccccc2)C1. The standard InChI is InChI=1S/C17H26N2O/c1-13-6-5-9-16(10-13)19-17(20)15(12-18)11-14-7-3-2-4-8-14/h2-4,7-8,13,15-16H,5-6,9-12,18H2,1H3,(H,19,20). The predicted octanol–water partition coefficient (Wildman–Crippen LogP) is 2.50. The summed E-state index contributed by atoms with van der Waals surface area (Å²) >= 11 is 0. The number of carbonyl (C=O) groups is 1. The van der Waals surface area contributed by atoms with E-state index in [1.807, 2.05) is 18.2 Å². The smallest absolute Gasteiger partial charge is 0.224 e. The molecule has 0 saturated heterocycles. The zero-order valence-electron chi connectivity index (χ0n) is 12.3. The molecule has 1 saturated carbocycles. The minimum Gasteiger partial charge on any atom is -0.353 e. The summed E-state index contributed by atoms with van der Waals surface area (Å²) < 4.78 is 0. The highest BCUT2D eigenvalue weighted by molar-refractivity contribution is 5.79. The molecule has 3 nitrogen and oxygen atoms in total. The van der Waals surface area contributed by atoms with Crippen LogP contribution in [-0.2, 0) is 11.2 Å². The highest BCUT2D eigenvalue weighted by atomic mass is 16.1. The summed E-state index contributed by atoms with van der Waals surface area (Å²) in [6, 6.07) is 10.4. The Balaban J connectivity index is 1.88. The lowest BCUT2D eigenvalue weighted by Gasteiger charge is -2.29. The lowest BCUT2D eigenvalue weighted by Crippen LogP contribution is -2.43. The first-order valence-electron chi connectivity index (χ1n) is 7.73. The average Bonchev–Trinajstić information content (AvgIpc) is 2.45. The van der Waals surface area contributed by atoms with Gasteiger partial charge < -0.3 is 11.1 Å². The van der Waals surface area contributed by atoms with Gasteiger partial charge >= 0.3 is 0 Å². The molecule has 3 unspecified atom stereocenters. The van der Waals surface area contributed by atoms with Gasteiger partial charge in [-0.25, -0.2) is 0 Å². The van der Waals surface area contributed by atoms with Gasteiger partial charge in [0.2, 0.25) is 5.91 Å². The summed E-state index contributed by atoms with van der Waals surface area (Å²) in [6.45, 7) is 2.67. The quantitative estimate of drug-likeness (QED) is 0.866. The third-order valence-corrected chi connectivity index (χ3v) is 4.26. The van der Waals surface area contributed by atoms with Crippen molar-refractivity contribution in [2.75, 3.05) is 6.54 Å². The second kappa shape index (κ2) is 7.44. The summed E-state index contributed by atoms with van der Waals surface area (Å²) in [5.41, 5.74) is 6.97. The molecule has 0 aliphatic heterocycles. The van der Waals surface area contributed by atoms with Gasteiger partial charge in [-0.2, -0.15) is 0 Å². The lowest BCUT2D eigenvalue weighted by molar-refractivity contribution is -0.125. The Morgan fingerprint density at radius 2 is 2.10 bits per heavy atom. The Morgan fingerprint density at radius 3 is 2.75 bits per heavy atom. The van der Waals surface area contributed by atoms with Gasteiger partial charge in [-0.15, -0.1) is 0 Å². The number of rotatable bonds is 5. The predicted molar refractivity (Wildman–Crippen MR) is 82.3 cm³/mol. The van der Waals surface area contributed by atoms with Crippen LogP contribution in [0.5, 0.6) is 0 Å². The Hall–Kier alpha value is -1.35. The normalized spacial score (nSPS) is 24.1. The van der Waals surface area contributed by atoms with E-state index in [0.717, 1.165) is 25.2 Å². The summed E-state index contributed by atoms with van der Waals surface area (Å²) in [5, 5.41) is 3.20. The van der Waals surface area contributed by atoms with Crippen molar-refractivity contribution in [1.29, 1.82) is 0 Å². The van der Waals surface area contributed by atoms with Crippen LogP contribution in [0.4, 0.5) is 0 Å². The molecule has 0 aromatic heterocycles. The van der Waals surface area contributed by atoms with Crippen LogP contribution in [0.25, 0.3) is 0 Å². The highest BCUT2D eigenvalue weighted by Crippen LogP contribution is 2.23. The van der Waals surface area contributed by atoms with Gasteiger partial charge in [-0.1, -0.05) is 50.1 Å². The largest absolute Gasteiger partial charge is 0.353 e. The maximum atomic E-state index is 12.4. The molecule has 3 N–H and O–H groups in total. The fraction of sp³-hybridized carbons (Fsp3) is 0.588. The van der Waals surface area contributed by atoms with E-state index >= 15 is 0 Å². The van der Waals surface area contributed by atoms with E-state index < -0.39 is 0 Å². The molecule has 0 radical (unpaired) electrons. The molecule has 1 aromatic carbocycles. The number of benzene rings is 1. The molecule has 20 heavy (non-hydrogen) atoms. The number of nitrogens with two attached hydrogens (primary N) is 1. The van der Waals surface area contributed by atoms with Crippen LogP contribution in [0, 0.1) is 11.8 Å². The Labute approximate surface area is 121 Å². The molecule has 110 valence electrons. The van der Waals surface area contributed by atoms with Crippen LogP contribution in [0.15, 0.2) is 30.3 Å². The van der Waals surface area contributed by atoms with E-state index in [0.29, 0.717) is 12.6 Å². The van der Waals surface area contributed by atoms with Crippen molar-refractivity contribution in [3.05, 3.63) is 35.9 Å². The van der Waals surface area contributed by atoms with Crippen molar-refractivity contribution >= 4 is 5.91 Å². The van der Waals surface area contributed by atoms with E-state index in [4.69, 9.17) is 5.73 Å². The molecular weight excluding hydrogens is 248 g/mol. The van der Waals surface area contributed by atoms with Gasteiger partial charge in [0.25, 0.3) is 0 Å². The van der Waals surface area contributed by atoms with Gasteiger partial charge in [0.15, 0.2) is 0 Å². The molecule has 1 aliphatic carbocycles. The van der Waals surface area contributed by atoms with Crippen molar-refractivity contribution in [3.8, 4) is 0 Å². The van der Waals surface area contributed by atoms with Crippen LogP contribution in [0.3, 0.4) is 0 Å². The molecule has 0 spiro atoms. The summed E-state index contributed by atoms with van der Waals surface area (Å²) in [4.78, 5) is 12.4. The second-order valence-electron chi connectivity index (χ2n) is 6.10. The van der Waals surface area contributed by atoms with E-state index in [9.17, 15) is 4.79 Å². The van der Waals surface area contributed by atoms with Crippen LogP contribution in [0.1, 0.15) is 38.2 Å². The minimum absolute atomic E-state index is 0.116. The van der Waals surface area contributed by atoms with E-state index in [2.05, 4.69) is 24.4 Å². The van der Waals surface area contributed by atoms with Crippen molar-refractivity contribution in [2.45, 2.75) is 45.1 Å². The molecule has 2 rings (SSSR count). The Bertz CT molecular complexity index is 418. The summed E-state index contributed by atoms with van der Waals surface area (Å²) in [6.07, 6.45) is 5.45. The number of nitrogens with one attached hydrogen (secondary N) is 1. The van der Waals surface area contributed by atoms with Gasteiger partial charge in [-0.05, 0) is 30.7 Å². The van der Waals surface area contributed by atoms with Gasteiger partial charge in [-0.3, -0.25) is 4.79 Å². The molecule has 0 heterocycles. The first kappa shape index (κ1) is 15.0. The number of hydrogen-bond donors (Lipinski definition) is 2.